The molecule has 0 saturated heterocycles. The molecule has 0 fully saturated rings. The maximum absolute atomic E-state index is 10.6. The minimum Gasteiger partial charge on any atom is -0.542 e. The van der Waals surface area contributed by atoms with Crippen molar-refractivity contribution in [3.05, 3.63) is 27.7 Å². The lowest BCUT2D eigenvalue weighted by Gasteiger charge is -2.21. The van der Waals surface area contributed by atoms with E-state index in [0.29, 0.717) is 27.6 Å². The number of carbonyl (C=O) groups is 1. The van der Waals surface area contributed by atoms with E-state index in [9.17, 15) is 4.79 Å². The summed E-state index contributed by atoms with van der Waals surface area (Å²) in [5, 5.41) is 0.763. The molecule has 15 heavy (non-hydrogen) atoms. The molecule has 0 saturated carbocycles. The van der Waals surface area contributed by atoms with Crippen molar-refractivity contribution in [2.45, 2.75) is 19.6 Å². The van der Waals surface area contributed by atoms with Crippen molar-refractivity contribution in [3.63, 3.8) is 0 Å². The number of benzene rings is 1. The minimum absolute atomic E-state index is 0.382. The first-order chi connectivity index (χ1) is 6.83. The third-order valence-corrected chi connectivity index (χ3v) is 2.94. The largest absolute Gasteiger partial charge is 0.542 e. The van der Waals surface area contributed by atoms with Gasteiger partial charge in [-0.05, 0) is 31.8 Å². The van der Waals surface area contributed by atoms with Crippen LogP contribution in [0.3, 0.4) is 0 Å². The summed E-state index contributed by atoms with van der Waals surface area (Å²) in [6.45, 7) is 6.11. The van der Waals surface area contributed by atoms with Crippen LogP contribution in [0.25, 0.3) is 0 Å². The third-order valence-electron chi connectivity index (χ3n) is 1.56. The van der Waals surface area contributed by atoms with E-state index in [1.54, 1.807) is 12.1 Å². The number of halogens is 2. The molecule has 1 aromatic rings. The third kappa shape index (κ3) is 3.52. The zero-order chi connectivity index (χ0) is 11.6. The summed E-state index contributed by atoms with van der Waals surface area (Å²) in [4.78, 5) is 10.6. The molecule has 0 amide bonds. The van der Waals surface area contributed by atoms with Crippen molar-refractivity contribution in [2.24, 2.45) is 0 Å². The highest BCUT2D eigenvalue weighted by molar-refractivity contribution is 6.70. The molecule has 0 N–H and O–H groups in total. The minimum atomic E-state index is -1.75. The van der Waals surface area contributed by atoms with Crippen LogP contribution in [-0.2, 0) is 0 Å². The van der Waals surface area contributed by atoms with Gasteiger partial charge < -0.3 is 4.43 Å². The van der Waals surface area contributed by atoms with Gasteiger partial charge in [0.15, 0.2) is 0 Å². The van der Waals surface area contributed by atoms with Gasteiger partial charge in [0.25, 0.3) is 0 Å². The second-order valence-electron chi connectivity index (χ2n) is 4.15. The van der Waals surface area contributed by atoms with Crippen molar-refractivity contribution in [1.82, 2.24) is 0 Å². The van der Waals surface area contributed by atoms with Crippen LogP contribution in [0.4, 0.5) is 0 Å². The average molecular weight is 263 g/mol. The molecule has 0 bridgehead atoms. The van der Waals surface area contributed by atoms with Gasteiger partial charge in [-0.2, -0.15) is 0 Å². The SMILES string of the molecule is C[Si](C)(C)Oc1c(Cl)cc(C=O)cc1Cl. The summed E-state index contributed by atoms with van der Waals surface area (Å²) < 4.78 is 5.72. The molecule has 2 nitrogen and oxygen atoms in total. The first-order valence-electron chi connectivity index (χ1n) is 4.47. The van der Waals surface area contributed by atoms with Crippen LogP contribution in [0.5, 0.6) is 5.75 Å². The lowest BCUT2D eigenvalue weighted by atomic mass is 10.2. The van der Waals surface area contributed by atoms with Crippen LogP contribution in [0.1, 0.15) is 10.4 Å². The highest BCUT2D eigenvalue weighted by atomic mass is 35.5. The molecule has 0 aromatic heterocycles. The number of hydrogen-bond acceptors (Lipinski definition) is 2. The topological polar surface area (TPSA) is 26.3 Å². The predicted molar refractivity (Wildman–Crippen MR) is 65.8 cm³/mol. The normalized spacial score (nSPS) is 11.3. The van der Waals surface area contributed by atoms with Crippen LogP contribution in [0.15, 0.2) is 12.1 Å². The van der Waals surface area contributed by atoms with Crippen LogP contribution in [0, 0.1) is 0 Å². The van der Waals surface area contributed by atoms with Gasteiger partial charge in [-0.25, -0.2) is 0 Å². The van der Waals surface area contributed by atoms with Crippen molar-refractivity contribution in [3.8, 4) is 5.75 Å². The standard InChI is InChI=1S/C10H12Cl2O2Si/c1-15(2,3)14-10-8(11)4-7(6-13)5-9(10)12/h4-6H,1-3H3. The van der Waals surface area contributed by atoms with Crippen LogP contribution in [-0.4, -0.2) is 14.6 Å². The second-order valence-corrected chi connectivity index (χ2v) is 9.39. The van der Waals surface area contributed by atoms with Gasteiger partial charge in [0, 0.05) is 5.56 Å². The van der Waals surface area contributed by atoms with E-state index < -0.39 is 8.32 Å². The van der Waals surface area contributed by atoms with E-state index >= 15 is 0 Å². The Hall–Kier alpha value is -0.513. The van der Waals surface area contributed by atoms with Gasteiger partial charge in [0.1, 0.15) is 12.0 Å². The van der Waals surface area contributed by atoms with E-state index in [-0.39, 0.29) is 0 Å². The Balaban J connectivity index is 3.14. The van der Waals surface area contributed by atoms with Crippen LogP contribution >= 0.6 is 23.2 Å². The van der Waals surface area contributed by atoms with Crippen molar-refractivity contribution in [1.29, 1.82) is 0 Å². The summed E-state index contributed by atoms with van der Waals surface area (Å²) in [5.74, 6) is 0.475. The zero-order valence-electron chi connectivity index (χ0n) is 8.80. The van der Waals surface area contributed by atoms with E-state index in [0.717, 1.165) is 0 Å². The maximum atomic E-state index is 10.6. The van der Waals surface area contributed by atoms with Crippen LogP contribution < -0.4 is 4.43 Å². The molecule has 82 valence electrons. The Morgan fingerprint density at radius 3 is 2.00 bits per heavy atom. The molecular formula is C10H12Cl2O2Si. The molecule has 1 rings (SSSR count). The zero-order valence-corrected chi connectivity index (χ0v) is 11.3. The van der Waals surface area contributed by atoms with E-state index in [4.69, 9.17) is 27.6 Å². The molecule has 0 unspecified atom stereocenters. The van der Waals surface area contributed by atoms with Gasteiger partial charge >= 0.3 is 0 Å². The van der Waals surface area contributed by atoms with Crippen LogP contribution in [0.2, 0.25) is 29.7 Å². The van der Waals surface area contributed by atoms with E-state index in [1.165, 1.54) is 0 Å². The fourth-order valence-electron chi connectivity index (χ4n) is 1.05. The highest BCUT2D eigenvalue weighted by Gasteiger charge is 2.20. The van der Waals surface area contributed by atoms with Crippen molar-refractivity contribution in [2.75, 3.05) is 0 Å². The molecule has 0 radical (unpaired) electrons. The van der Waals surface area contributed by atoms with E-state index in [2.05, 4.69) is 0 Å². The van der Waals surface area contributed by atoms with Gasteiger partial charge in [-0.15, -0.1) is 0 Å². The Kier molecular flexibility index (Phi) is 3.81. The lowest BCUT2D eigenvalue weighted by Crippen LogP contribution is -2.29. The summed E-state index contributed by atoms with van der Waals surface area (Å²) in [7, 11) is -1.75. The van der Waals surface area contributed by atoms with Gasteiger partial charge in [-0.3, -0.25) is 4.79 Å². The molecule has 0 heterocycles. The molecule has 0 spiro atoms. The smallest absolute Gasteiger partial charge is 0.242 e. The van der Waals surface area contributed by atoms with Crippen molar-refractivity contribution >= 4 is 37.8 Å². The number of carbonyl (C=O) groups excluding carboxylic acids is 1. The molecule has 0 aliphatic rings. The summed E-state index contributed by atoms with van der Waals surface area (Å²) >= 11 is 11.9. The highest BCUT2D eigenvalue weighted by Crippen LogP contribution is 2.35. The van der Waals surface area contributed by atoms with Gasteiger partial charge in [-0.1, -0.05) is 23.2 Å². The van der Waals surface area contributed by atoms with Gasteiger partial charge in [0.05, 0.1) is 10.0 Å². The maximum Gasteiger partial charge on any atom is 0.242 e. The first kappa shape index (κ1) is 12.6. The molecule has 1 aromatic carbocycles. The van der Waals surface area contributed by atoms with Crippen molar-refractivity contribution < 1.29 is 9.22 Å². The monoisotopic (exact) mass is 262 g/mol. The number of aldehydes is 1. The number of rotatable bonds is 3. The fourth-order valence-corrected chi connectivity index (χ4v) is 2.59. The molecule has 5 heteroatoms. The summed E-state index contributed by atoms with van der Waals surface area (Å²) in [5.41, 5.74) is 0.452. The Bertz CT molecular complexity index is 362. The molecule has 0 aliphatic heterocycles. The average Bonchev–Trinajstić information content (AvgIpc) is 2.09. The van der Waals surface area contributed by atoms with Gasteiger partial charge in [0.2, 0.25) is 8.32 Å². The molecular weight excluding hydrogens is 251 g/mol. The van der Waals surface area contributed by atoms with E-state index in [1.807, 2.05) is 19.6 Å². The second kappa shape index (κ2) is 4.55. The molecule has 0 atom stereocenters. The Morgan fingerprint density at radius 1 is 1.20 bits per heavy atom. The first-order valence-corrected chi connectivity index (χ1v) is 8.63. The predicted octanol–water partition coefficient (Wildman–Crippen LogP) is 4.02. The summed E-state index contributed by atoms with van der Waals surface area (Å²) in [6.07, 6.45) is 0.704. The quantitative estimate of drug-likeness (QED) is 0.608. The molecule has 0 aliphatic carbocycles. The number of hydrogen-bond donors (Lipinski definition) is 0. The Morgan fingerprint density at radius 2 is 1.67 bits per heavy atom. The fraction of sp³-hybridized carbons (Fsp3) is 0.300. The lowest BCUT2D eigenvalue weighted by molar-refractivity contribution is 0.112. The summed E-state index contributed by atoms with van der Waals surface area (Å²) in [6, 6.07) is 3.10. The Labute approximate surface area is 100 Å².